The number of aliphatic carboxylic acids is 1. The molecule has 20 heavy (non-hydrogen) atoms. The molecule has 1 N–H and O–H groups in total. The number of anilines is 1. The van der Waals surface area contributed by atoms with Crippen molar-refractivity contribution >= 4 is 29.3 Å². The van der Waals surface area contributed by atoms with Gasteiger partial charge in [0, 0.05) is 29.4 Å². The molecule has 1 fully saturated rings. The summed E-state index contributed by atoms with van der Waals surface area (Å²) in [7, 11) is 0. The van der Waals surface area contributed by atoms with Crippen LogP contribution in [0.2, 0.25) is 5.02 Å². The number of carboxylic acid groups (broad SMARTS) is 1. The summed E-state index contributed by atoms with van der Waals surface area (Å²) in [6.45, 7) is 5.30. The molecule has 4 heteroatoms. The Bertz CT molecular complexity index is 521. The van der Waals surface area contributed by atoms with Crippen LogP contribution in [0, 0.1) is 5.92 Å². The molecule has 108 valence electrons. The van der Waals surface area contributed by atoms with E-state index in [2.05, 4.69) is 18.7 Å². The third-order valence-electron chi connectivity index (χ3n) is 3.48. The second-order valence-electron chi connectivity index (χ2n) is 5.56. The summed E-state index contributed by atoms with van der Waals surface area (Å²) in [6.07, 6.45) is 5.37. The van der Waals surface area contributed by atoms with Crippen LogP contribution in [-0.2, 0) is 4.79 Å². The third-order valence-corrected chi connectivity index (χ3v) is 3.72. The van der Waals surface area contributed by atoms with Crippen molar-refractivity contribution in [2.75, 3.05) is 11.4 Å². The molecule has 1 aromatic rings. The van der Waals surface area contributed by atoms with Gasteiger partial charge in [-0.25, -0.2) is 4.79 Å². The fraction of sp³-hybridized carbons (Fsp3) is 0.438. The highest BCUT2D eigenvalue weighted by Gasteiger charge is 2.26. The van der Waals surface area contributed by atoms with Crippen molar-refractivity contribution in [1.29, 1.82) is 0 Å². The zero-order chi connectivity index (χ0) is 14.7. The standard InChI is InChI=1S/C16H20ClNO2/c1-11(2)18(10-12-3-4-12)15-9-14(17)7-5-13(15)6-8-16(19)20/h5-9,11-12H,3-4,10H2,1-2H3,(H,19,20)/b8-6+. The Morgan fingerprint density at radius 1 is 1.50 bits per heavy atom. The van der Waals surface area contributed by atoms with E-state index in [-0.39, 0.29) is 0 Å². The molecule has 2 rings (SSSR count). The van der Waals surface area contributed by atoms with Gasteiger partial charge >= 0.3 is 5.97 Å². The fourth-order valence-electron chi connectivity index (χ4n) is 2.23. The molecule has 1 aliphatic rings. The lowest BCUT2D eigenvalue weighted by Gasteiger charge is -2.30. The van der Waals surface area contributed by atoms with Crippen LogP contribution in [0.25, 0.3) is 6.08 Å². The molecule has 0 amide bonds. The molecule has 1 aromatic carbocycles. The lowest BCUT2D eigenvalue weighted by Crippen LogP contribution is -2.33. The molecule has 0 atom stereocenters. The van der Waals surface area contributed by atoms with Crippen molar-refractivity contribution < 1.29 is 9.90 Å². The zero-order valence-corrected chi connectivity index (χ0v) is 12.6. The van der Waals surface area contributed by atoms with E-state index in [1.54, 1.807) is 12.1 Å². The average Bonchev–Trinajstić information content (AvgIpc) is 3.18. The molecule has 1 aliphatic carbocycles. The van der Waals surface area contributed by atoms with E-state index in [0.717, 1.165) is 23.7 Å². The maximum absolute atomic E-state index is 10.7. The number of halogens is 1. The monoisotopic (exact) mass is 293 g/mol. The highest BCUT2D eigenvalue weighted by molar-refractivity contribution is 6.31. The maximum atomic E-state index is 10.7. The lowest BCUT2D eigenvalue weighted by atomic mass is 10.1. The predicted octanol–water partition coefficient (Wildman–Crippen LogP) is 4.06. The Morgan fingerprint density at radius 3 is 2.75 bits per heavy atom. The largest absolute Gasteiger partial charge is 0.478 e. The second kappa shape index (κ2) is 6.31. The Morgan fingerprint density at radius 2 is 2.20 bits per heavy atom. The van der Waals surface area contributed by atoms with Crippen LogP contribution < -0.4 is 4.90 Å². The quantitative estimate of drug-likeness (QED) is 0.804. The van der Waals surface area contributed by atoms with E-state index in [1.165, 1.54) is 18.9 Å². The van der Waals surface area contributed by atoms with E-state index < -0.39 is 5.97 Å². The van der Waals surface area contributed by atoms with Crippen LogP contribution >= 0.6 is 11.6 Å². The van der Waals surface area contributed by atoms with Gasteiger partial charge in [0.25, 0.3) is 0 Å². The van der Waals surface area contributed by atoms with Gasteiger partial charge in [0.2, 0.25) is 0 Å². The molecule has 0 aliphatic heterocycles. The predicted molar refractivity (Wildman–Crippen MR) is 83.3 cm³/mol. The van der Waals surface area contributed by atoms with Crippen LogP contribution in [0.3, 0.4) is 0 Å². The zero-order valence-electron chi connectivity index (χ0n) is 11.8. The molecular weight excluding hydrogens is 274 g/mol. The van der Waals surface area contributed by atoms with E-state index in [1.807, 2.05) is 12.1 Å². The first kappa shape index (κ1) is 14.9. The van der Waals surface area contributed by atoms with Gasteiger partial charge in [-0.2, -0.15) is 0 Å². The first-order valence-corrected chi connectivity index (χ1v) is 7.32. The number of benzene rings is 1. The summed E-state index contributed by atoms with van der Waals surface area (Å²) in [5.41, 5.74) is 1.91. The summed E-state index contributed by atoms with van der Waals surface area (Å²) in [5, 5.41) is 9.47. The van der Waals surface area contributed by atoms with Crippen molar-refractivity contribution in [1.82, 2.24) is 0 Å². The summed E-state index contributed by atoms with van der Waals surface area (Å²) < 4.78 is 0. The van der Waals surface area contributed by atoms with Gasteiger partial charge in [-0.1, -0.05) is 17.7 Å². The van der Waals surface area contributed by atoms with Gasteiger partial charge in [0.1, 0.15) is 0 Å². The number of hydrogen-bond donors (Lipinski definition) is 1. The van der Waals surface area contributed by atoms with E-state index in [0.29, 0.717) is 11.1 Å². The lowest BCUT2D eigenvalue weighted by molar-refractivity contribution is -0.131. The molecule has 0 bridgehead atoms. The molecule has 3 nitrogen and oxygen atoms in total. The van der Waals surface area contributed by atoms with Crippen LogP contribution in [0.1, 0.15) is 32.3 Å². The number of rotatable bonds is 6. The van der Waals surface area contributed by atoms with Crippen LogP contribution in [0.5, 0.6) is 0 Å². The Balaban J connectivity index is 2.34. The average molecular weight is 294 g/mol. The molecule has 0 radical (unpaired) electrons. The Labute approximate surface area is 124 Å². The topological polar surface area (TPSA) is 40.5 Å². The summed E-state index contributed by atoms with van der Waals surface area (Å²) in [4.78, 5) is 13.0. The van der Waals surface area contributed by atoms with Gasteiger partial charge < -0.3 is 10.0 Å². The molecular formula is C16H20ClNO2. The summed E-state index contributed by atoms with van der Waals surface area (Å²) >= 11 is 6.11. The van der Waals surface area contributed by atoms with Gasteiger partial charge in [0.15, 0.2) is 0 Å². The minimum atomic E-state index is -0.941. The van der Waals surface area contributed by atoms with Crippen LogP contribution in [0.4, 0.5) is 5.69 Å². The highest BCUT2D eigenvalue weighted by Crippen LogP contribution is 2.34. The minimum Gasteiger partial charge on any atom is -0.478 e. The number of hydrogen-bond acceptors (Lipinski definition) is 2. The Kier molecular flexibility index (Phi) is 4.71. The SMILES string of the molecule is CC(C)N(CC1CC1)c1cc(Cl)ccc1/C=C/C(=O)O. The van der Waals surface area contributed by atoms with Crippen molar-refractivity contribution in [3.05, 3.63) is 34.9 Å². The number of carbonyl (C=O) groups is 1. The van der Waals surface area contributed by atoms with E-state index >= 15 is 0 Å². The van der Waals surface area contributed by atoms with Gasteiger partial charge in [-0.05, 0) is 56.4 Å². The van der Waals surface area contributed by atoms with Crippen molar-refractivity contribution in [2.45, 2.75) is 32.7 Å². The fourth-order valence-corrected chi connectivity index (χ4v) is 2.40. The van der Waals surface area contributed by atoms with Gasteiger partial charge in [0.05, 0.1) is 0 Å². The molecule has 0 unspecified atom stereocenters. The van der Waals surface area contributed by atoms with Crippen molar-refractivity contribution in [3.8, 4) is 0 Å². The van der Waals surface area contributed by atoms with Crippen molar-refractivity contribution in [2.24, 2.45) is 5.92 Å². The summed E-state index contributed by atoms with van der Waals surface area (Å²) in [6, 6.07) is 5.94. The third kappa shape index (κ3) is 4.01. The summed E-state index contributed by atoms with van der Waals surface area (Å²) in [5.74, 6) is -0.183. The normalized spacial score (nSPS) is 15.0. The van der Waals surface area contributed by atoms with Gasteiger partial charge in [-0.15, -0.1) is 0 Å². The first-order chi connectivity index (χ1) is 9.47. The van der Waals surface area contributed by atoms with Crippen LogP contribution in [-0.4, -0.2) is 23.7 Å². The second-order valence-corrected chi connectivity index (χ2v) is 6.00. The maximum Gasteiger partial charge on any atom is 0.328 e. The molecule has 0 aromatic heterocycles. The number of carboxylic acids is 1. The number of nitrogens with zero attached hydrogens (tertiary/aromatic N) is 1. The van der Waals surface area contributed by atoms with E-state index in [9.17, 15) is 4.79 Å². The molecule has 0 spiro atoms. The van der Waals surface area contributed by atoms with Crippen LogP contribution in [0.15, 0.2) is 24.3 Å². The van der Waals surface area contributed by atoms with E-state index in [4.69, 9.17) is 16.7 Å². The first-order valence-electron chi connectivity index (χ1n) is 6.94. The Hall–Kier alpha value is -1.48. The molecule has 1 saturated carbocycles. The minimum absolute atomic E-state index is 0.353. The highest BCUT2D eigenvalue weighted by atomic mass is 35.5. The smallest absolute Gasteiger partial charge is 0.328 e. The van der Waals surface area contributed by atoms with Crippen molar-refractivity contribution in [3.63, 3.8) is 0 Å². The molecule has 0 heterocycles. The molecule has 0 saturated heterocycles. The van der Waals surface area contributed by atoms with Gasteiger partial charge in [-0.3, -0.25) is 0 Å².